The molecule has 2 aromatic rings. The molecule has 1 unspecified atom stereocenters. The van der Waals surface area contributed by atoms with Gasteiger partial charge in [0.05, 0.1) is 6.04 Å². The summed E-state index contributed by atoms with van der Waals surface area (Å²) in [5, 5.41) is 14.2. The number of benzene rings is 1. The Labute approximate surface area is 124 Å². The van der Waals surface area contributed by atoms with Gasteiger partial charge in [-0.25, -0.2) is 0 Å². The van der Waals surface area contributed by atoms with E-state index in [2.05, 4.69) is 53.6 Å². The maximum Gasteiger partial charge on any atom is 0.206 e. The summed E-state index contributed by atoms with van der Waals surface area (Å²) >= 11 is 1.70. The summed E-state index contributed by atoms with van der Waals surface area (Å²) in [5.41, 5.74) is 2.91. The molecular formula is C16H21N3S. The van der Waals surface area contributed by atoms with Crippen molar-refractivity contribution in [2.24, 2.45) is 5.92 Å². The molecule has 1 atom stereocenters. The number of rotatable bonds is 4. The number of fused-ring (bicyclic) bond motifs is 1. The van der Waals surface area contributed by atoms with Crippen molar-refractivity contribution >= 4 is 16.5 Å². The van der Waals surface area contributed by atoms with Crippen LogP contribution in [0.4, 0.5) is 5.13 Å². The zero-order chi connectivity index (χ0) is 13.9. The molecular weight excluding hydrogens is 266 g/mol. The minimum Gasteiger partial charge on any atom is -0.353 e. The van der Waals surface area contributed by atoms with Gasteiger partial charge in [0.25, 0.3) is 0 Å². The van der Waals surface area contributed by atoms with Gasteiger partial charge in [-0.15, -0.1) is 10.2 Å². The van der Waals surface area contributed by atoms with Gasteiger partial charge in [-0.2, -0.15) is 0 Å². The normalized spacial score (nSPS) is 18.1. The lowest BCUT2D eigenvalue weighted by Gasteiger charge is -2.25. The highest BCUT2D eigenvalue weighted by Crippen LogP contribution is 2.33. The van der Waals surface area contributed by atoms with Crippen LogP contribution in [-0.2, 0) is 12.8 Å². The smallest absolute Gasteiger partial charge is 0.206 e. The molecule has 3 rings (SSSR count). The van der Waals surface area contributed by atoms with E-state index in [9.17, 15) is 0 Å². The van der Waals surface area contributed by atoms with Crippen LogP contribution >= 0.6 is 11.3 Å². The lowest BCUT2D eigenvalue weighted by atomic mass is 9.88. The fourth-order valence-electron chi connectivity index (χ4n) is 2.80. The fourth-order valence-corrected chi connectivity index (χ4v) is 3.80. The molecule has 1 aliphatic carbocycles. The first-order chi connectivity index (χ1) is 9.72. The SMILES string of the molecule is CC(C)Cc1nnc(NC2CCCc3ccccc32)s1. The van der Waals surface area contributed by atoms with Gasteiger partial charge in [0.15, 0.2) is 0 Å². The van der Waals surface area contributed by atoms with Crippen LogP contribution in [-0.4, -0.2) is 10.2 Å². The number of aromatic nitrogens is 2. The van der Waals surface area contributed by atoms with Crippen LogP contribution in [0, 0.1) is 5.92 Å². The molecule has 0 spiro atoms. The molecule has 0 fully saturated rings. The van der Waals surface area contributed by atoms with Crippen LogP contribution in [0.5, 0.6) is 0 Å². The number of hydrogen-bond donors (Lipinski definition) is 1. The molecule has 0 saturated carbocycles. The Morgan fingerprint density at radius 2 is 2.15 bits per heavy atom. The van der Waals surface area contributed by atoms with E-state index in [4.69, 9.17) is 0 Å². The van der Waals surface area contributed by atoms with Gasteiger partial charge in [-0.1, -0.05) is 49.4 Å². The van der Waals surface area contributed by atoms with Gasteiger partial charge in [-0.05, 0) is 36.3 Å². The van der Waals surface area contributed by atoms with Gasteiger partial charge in [0.1, 0.15) is 5.01 Å². The zero-order valence-corrected chi connectivity index (χ0v) is 12.9. The Hall–Kier alpha value is -1.42. The van der Waals surface area contributed by atoms with E-state index in [1.165, 1.54) is 30.4 Å². The molecule has 1 heterocycles. The van der Waals surface area contributed by atoms with Crippen LogP contribution in [0.3, 0.4) is 0 Å². The van der Waals surface area contributed by atoms with Gasteiger partial charge in [0.2, 0.25) is 5.13 Å². The molecule has 0 aliphatic heterocycles. The van der Waals surface area contributed by atoms with Crippen molar-refractivity contribution in [2.45, 2.75) is 45.6 Å². The molecule has 1 aromatic heterocycles. The summed E-state index contributed by atoms with van der Waals surface area (Å²) in [7, 11) is 0. The van der Waals surface area contributed by atoms with Gasteiger partial charge in [-0.3, -0.25) is 0 Å². The average Bonchev–Trinajstić information content (AvgIpc) is 2.86. The highest BCUT2D eigenvalue weighted by Gasteiger charge is 2.20. The van der Waals surface area contributed by atoms with Crippen molar-refractivity contribution in [1.29, 1.82) is 0 Å². The van der Waals surface area contributed by atoms with E-state index >= 15 is 0 Å². The molecule has 4 heteroatoms. The maximum atomic E-state index is 4.29. The predicted molar refractivity (Wildman–Crippen MR) is 84.2 cm³/mol. The van der Waals surface area contributed by atoms with Crippen LogP contribution < -0.4 is 5.32 Å². The Balaban J connectivity index is 1.74. The topological polar surface area (TPSA) is 37.8 Å². The summed E-state index contributed by atoms with van der Waals surface area (Å²) in [4.78, 5) is 0. The van der Waals surface area contributed by atoms with Crippen molar-refractivity contribution in [1.82, 2.24) is 10.2 Å². The second-order valence-electron chi connectivity index (χ2n) is 5.89. The van der Waals surface area contributed by atoms with Gasteiger partial charge >= 0.3 is 0 Å². The summed E-state index contributed by atoms with van der Waals surface area (Å²) in [5.74, 6) is 0.631. The molecule has 1 aromatic carbocycles. The fraction of sp³-hybridized carbons (Fsp3) is 0.500. The molecule has 0 bridgehead atoms. The van der Waals surface area contributed by atoms with E-state index in [1.807, 2.05) is 0 Å². The number of nitrogens with zero attached hydrogens (tertiary/aromatic N) is 2. The van der Waals surface area contributed by atoms with Crippen molar-refractivity contribution < 1.29 is 0 Å². The van der Waals surface area contributed by atoms with E-state index in [0.717, 1.165) is 16.6 Å². The van der Waals surface area contributed by atoms with E-state index < -0.39 is 0 Å². The second-order valence-corrected chi connectivity index (χ2v) is 6.95. The van der Waals surface area contributed by atoms with Crippen LogP contribution in [0.15, 0.2) is 24.3 Å². The summed E-state index contributed by atoms with van der Waals surface area (Å²) in [6, 6.07) is 9.13. The number of nitrogens with one attached hydrogen (secondary N) is 1. The standard InChI is InChI=1S/C16H21N3S/c1-11(2)10-15-18-19-16(20-15)17-14-9-5-7-12-6-3-4-8-13(12)14/h3-4,6,8,11,14H,5,7,9-10H2,1-2H3,(H,17,19). The van der Waals surface area contributed by atoms with E-state index in [-0.39, 0.29) is 0 Å². The van der Waals surface area contributed by atoms with Crippen molar-refractivity contribution in [3.8, 4) is 0 Å². The van der Waals surface area contributed by atoms with Crippen molar-refractivity contribution in [3.63, 3.8) is 0 Å². The quantitative estimate of drug-likeness (QED) is 0.914. The number of aryl methyl sites for hydroxylation is 1. The molecule has 0 amide bonds. The Bertz CT molecular complexity index is 577. The first-order valence-corrected chi connectivity index (χ1v) is 8.20. The first-order valence-electron chi connectivity index (χ1n) is 7.39. The molecule has 0 saturated heterocycles. The first kappa shape index (κ1) is 13.6. The van der Waals surface area contributed by atoms with Gasteiger partial charge < -0.3 is 5.32 Å². The average molecular weight is 287 g/mol. The minimum absolute atomic E-state index is 0.389. The van der Waals surface area contributed by atoms with Crippen molar-refractivity contribution in [2.75, 3.05) is 5.32 Å². The van der Waals surface area contributed by atoms with Gasteiger partial charge in [0, 0.05) is 6.42 Å². The second kappa shape index (κ2) is 5.92. The monoisotopic (exact) mass is 287 g/mol. The van der Waals surface area contributed by atoms with E-state index in [0.29, 0.717) is 12.0 Å². The third kappa shape index (κ3) is 3.01. The van der Waals surface area contributed by atoms with Crippen LogP contribution in [0.1, 0.15) is 48.9 Å². The minimum atomic E-state index is 0.389. The Kier molecular flexibility index (Phi) is 4.01. The summed E-state index contributed by atoms with van der Waals surface area (Å²) in [6.07, 6.45) is 4.63. The maximum absolute atomic E-state index is 4.29. The molecule has 20 heavy (non-hydrogen) atoms. The van der Waals surface area contributed by atoms with Crippen molar-refractivity contribution in [3.05, 3.63) is 40.4 Å². The van der Waals surface area contributed by atoms with E-state index in [1.54, 1.807) is 11.3 Å². The zero-order valence-electron chi connectivity index (χ0n) is 12.1. The molecule has 1 N–H and O–H groups in total. The summed E-state index contributed by atoms with van der Waals surface area (Å²) in [6.45, 7) is 4.43. The molecule has 3 nitrogen and oxygen atoms in total. The largest absolute Gasteiger partial charge is 0.353 e. The number of anilines is 1. The Morgan fingerprint density at radius 1 is 1.30 bits per heavy atom. The molecule has 0 radical (unpaired) electrons. The predicted octanol–water partition coefficient (Wildman–Crippen LogP) is 4.23. The number of hydrogen-bond acceptors (Lipinski definition) is 4. The Morgan fingerprint density at radius 3 is 3.00 bits per heavy atom. The molecule has 106 valence electrons. The third-order valence-electron chi connectivity index (χ3n) is 3.72. The van der Waals surface area contributed by atoms with Crippen LogP contribution in [0.2, 0.25) is 0 Å². The third-order valence-corrected chi connectivity index (χ3v) is 4.59. The highest BCUT2D eigenvalue weighted by atomic mass is 32.1. The lowest BCUT2D eigenvalue weighted by molar-refractivity contribution is 0.599. The molecule has 1 aliphatic rings. The van der Waals surface area contributed by atoms with Crippen LogP contribution in [0.25, 0.3) is 0 Å². The summed E-state index contributed by atoms with van der Waals surface area (Å²) < 4.78 is 0. The highest BCUT2D eigenvalue weighted by molar-refractivity contribution is 7.15. The lowest BCUT2D eigenvalue weighted by Crippen LogP contribution is -2.17.